The van der Waals surface area contributed by atoms with Crippen molar-refractivity contribution in [3.8, 4) is 11.3 Å². The topological polar surface area (TPSA) is 56.0 Å². The predicted octanol–water partition coefficient (Wildman–Crippen LogP) is 4.83. The minimum atomic E-state index is -4.69. The monoisotopic (exact) mass is 368 g/mol. The van der Waals surface area contributed by atoms with Crippen molar-refractivity contribution in [3.05, 3.63) is 50.6 Å². The number of hydrogen-bond donors (Lipinski definition) is 1. The second-order valence-corrected chi connectivity index (χ2v) is 5.34. The zero-order valence-electron chi connectivity index (χ0n) is 10.5. The summed E-state index contributed by atoms with van der Waals surface area (Å²) in [5.41, 5.74) is 3.48. The molecule has 1 aromatic carbocycles. The van der Waals surface area contributed by atoms with Gasteiger partial charge in [0.2, 0.25) is 0 Å². The summed E-state index contributed by atoms with van der Waals surface area (Å²) in [5.74, 6) is -0.946. The van der Waals surface area contributed by atoms with Crippen LogP contribution in [0.3, 0.4) is 0 Å². The summed E-state index contributed by atoms with van der Waals surface area (Å²) < 4.78 is 38.4. The second-order valence-electron chi connectivity index (χ2n) is 4.18. The van der Waals surface area contributed by atoms with Gasteiger partial charge in [0.25, 0.3) is 5.91 Å². The van der Waals surface area contributed by atoms with E-state index in [9.17, 15) is 18.0 Å². The molecule has 0 aliphatic rings. The maximum Gasteiger partial charge on any atom is 0.433 e. The molecule has 1 aromatic heterocycles. The molecule has 0 saturated carbocycles. The van der Waals surface area contributed by atoms with E-state index in [0.717, 1.165) is 6.07 Å². The van der Waals surface area contributed by atoms with Crippen molar-refractivity contribution in [1.82, 2.24) is 4.98 Å². The van der Waals surface area contributed by atoms with E-state index in [0.29, 0.717) is 6.07 Å². The van der Waals surface area contributed by atoms with Crippen molar-refractivity contribution in [2.75, 3.05) is 0 Å². The lowest BCUT2D eigenvalue weighted by atomic mass is 10.0. The van der Waals surface area contributed by atoms with Crippen LogP contribution in [-0.4, -0.2) is 10.9 Å². The van der Waals surface area contributed by atoms with E-state index in [4.69, 9.17) is 40.5 Å². The molecule has 0 aliphatic carbocycles. The van der Waals surface area contributed by atoms with E-state index >= 15 is 0 Å². The molecule has 3 nitrogen and oxygen atoms in total. The van der Waals surface area contributed by atoms with Gasteiger partial charge in [0.05, 0.1) is 26.3 Å². The third kappa shape index (κ3) is 3.14. The average Bonchev–Trinajstić information content (AvgIpc) is 2.43. The van der Waals surface area contributed by atoms with Gasteiger partial charge in [-0.2, -0.15) is 13.2 Å². The standard InChI is InChI=1S/C13H6Cl3F3N2O/c14-7-3-1-5(9(15)10(7)16)11-6(12(20)22)2-4-8(21-11)13(17,18)19/h1-4H,(H2,20,22). The third-order valence-corrected chi connectivity index (χ3v) is 4.04. The number of pyridine rings is 1. The third-order valence-electron chi connectivity index (χ3n) is 2.74. The fraction of sp³-hybridized carbons (Fsp3) is 0.0769. The van der Waals surface area contributed by atoms with Crippen molar-refractivity contribution in [2.45, 2.75) is 6.18 Å². The SMILES string of the molecule is NC(=O)c1ccc(C(F)(F)F)nc1-c1ccc(Cl)c(Cl)c1Cl. The molecule has 2 N–H and O–H groups in total. The van der Waals surface area contributed by atoms with Crippen molar-refractivity contribution in [1.29, 1.82) is 0 Å². The van der Waals surface area contributed by atoms with E-state index < -0.39 is 17.8 Å². The summed E-state index contributed by atoms with van der Waals surface area (Å²) in [4.78, 5) is 14.9. The molecule has 1 amide bonds. The lowest BCUT2D eigenvalue weighted by Crippen LogP contribution is -2.16. The van der Waals surface area contributed by atoms with Crippen molar-refractivity contribution < 1.29 is 18.0 Å². The van der Waals surface area contributed by atoms with Crippen LogP contribution in [0.4, 0.5) is 13.2 Å². The van der Waals surface area contributed by atoms with Crippen LogP contribution >= 0.6 is 34.8 Å². The Morgan fingerprint density at radius 2 is 1.68 bits per heavy atom. The highest BCUT2D eigenvalue weighted by atomic mass is 35.5. The summed E-state index contributed by atoms with van der Waals surface area (Å²) >= 11 is 17.6. The maximum atomic E-state index is 12.8. The number of carbonyl (C=O) groups excluding carboxylic acids is 1. The van der Waals surface area contributed by atoms with Gasteiger partial charge in [-0.1, -0.05) is 34.8 Å². The number of alkyl halides is 3. The molecule has 0 radical (unpaired) electrons. The van der Waals surface area contributed by atoms with Crippen LogP contribution in [-0.2, 0) is 6.18 Å². The van der Waals surface area contributed by atoms with Gasteiger partial charge in [0.1, 0.15) is 5.69 Å². The Morgan fingerprint density at radius 3 is 2.23 bits per heavy atom. The first kappa shape index (κ1) is 16.9. The maximum absolute atomic E-state index is 12.8. The Hall–Kier alpha value is -1.50. The molecule has 0 spiro atoms. The van der Waals surface area contributed by atoms with Gasteiger partial charge in [-0.3, -0.25) is 4.79 Å². The summed E-state index contributed by atoms with van der Waals surface area (Å²) in [6.07, 6.45) is -4.69. The average molecular weight is 370 g/mol. The smallest absolute Gasteiger partial charge is 0.366 e. The van der Waals surface area contributed by atoms with E-state index in [2.05, 4.69) is 4.98 Å². The van der Waals surface area contributed by atoms with Crippen molar-refractivity contribution in [2.24, 2.45) is 5.73 Å². The molecule has 0 bridgehead atoms. The van der Waals surface area contributed by atoms with Crippen LogP contribution in [0.25, 0.3) is 11.3 Å². The number of aromatic nitrogens is 1. The molecule has 1 heterocycles. The number of benzene rings is 1. The van der Waals surface area contributed by atoms with Crippen LogP contribution in [0.1, 0.15) is 16.1 Å². The van der Waals surface area contributed by atoms with E-state index in [1.165, 1.54) is 12.1 Å². The molecule has 0 saturated heterocycles. The van der Waals surface area contributed by atoms with Crippen LogP contribution in [0.5, 0.6) is 0 Å². The highest BCUT2D eigenvalue weighted by Gasteiger charge is 2.33. The molecule has 0 aliphatic heterocycles. The molecule has 0 atom stereocenters. The lowest BCUT2D eigenvalue weighted by Gasteiger charge is -2.13. The van der Waals surface area contributed by atoms with Crippen LogP contribution < -0.4 is 5.73 Å². The van der Waals surface area contributed by atoms with Crippen molar-refractivity contribution >= 4 is 40.7 Å². The minimum Gasteiger partial charge on any atom is -0.366 e. The van der Waals surface area contributed by atoms with Gasteiger partial charge in [0, 0.05) is 5.56 Å². The highest BCUT2D eigenvalue weighted by molar-refractivity contribution is 6.49. The van der Waals surface area contributed by atoms with E-state index in [1.807, 2.05) is 0 Å². The highest BCUT2D eigenvalue weighted by Crippen LogP contribution is 2.39. The molecule has 2 aromatic rings. The Bertz CT molecular complexity index is 763. The molecule has 2 rings (SSSR count). The summed E-state index contributed by atoms with van der Waals surface area (Å²) in [6.45, 7) is 0. The number of primary amides is 1. The van der Waals surface area contributed by atoms with Crippen LogP contribution in [0.15, 0.2) is 24.3 Å². The largest absolute Gasteiger partial charge is 0.433 e. The fourth-order valence-corrected chi connectivity index (χ4v) is 2.35. The Kier molecular flexibility index (Phi) is 4.56. The zero-order valence-corrected chi connectivity index (χ0v) is 12.8. The Morgan fingerprint density at radius 1 is 1.05 bits per heavy atom. The summed E-state index contributed by atoms with van der Waals surface area (Å²) in [7, 11) is 0. The number of halogens is 6. The molecular weight excluding hydrogens is 364 g/mol. The Labute approximate surface area is 137 Å². The van der Waals surface area contributed by atoms with Gasteiger partial charge in [-0.05, 0) is 24.3 Å². The number of amides is 1. The van der Waals surface area contributed by atoms with E-state index in [1.54, 1.807) is 0 Å². The number of nitrogens with two attached hydrogens (primary N) is 1. The minimum absolute atomic E-state index is 0.0240. The van der Waals surface area contributed by atoms with Gasteiger partial charge < -0.3 is 5.73 Å². The van der Waals surface area contributed by atoms with Crippen molar-refractivity contribution in [3.63, 3.8) is 0 Å². The van der Waals surface area contributed by atoms with Gasteiger partial charge in [0.15, 0.2) is 0 Å². The van der Waals surface area contributed by atoms with Gasteiger partial charge >= 0.3 is 6.18 Å². The number of rotatable bonds is 2. The molecule has 0 fully saturated rings. The summed E-state index contributed by atoms with van der Waals surface area (Å²) in [5, 5.41) is -0.0676. The van der Waals surface area contributed by atoms with E-state index in [-0.39, 0.29) is 31.9 Å². The van der Waals surface area contributed by atoms with Gasteiger partial charge in [-0.25, -0.2) is 4.98 Å². The first-order valence-corrected chi connectivity index (χ1v) is 6.78. The number of nitrogens with zero attached hydrogens (tertiary/aromatic N) is 1. The Balaban J connectivity index is 2.77. The van der Waals surface area contributed by atoms with Crippen LogP contribution in [0.2, 0.25) is 15.1 Å². The normalized spacial score (nSPS) is 11.5. The number of hydrogen-bond acceptors (Lipinski definition) is 2. The second kappa shape index (κ2) is 5.95. The first-order valence-electron chi connectivity index (χ1n) is 5.65. The lowest BCUT2D eigenvalue weighted by molar-refractivity contribution is -0.141. The summed E-state index contributed by atoms with van der Waals surface area (Å²) in [6, 6.07) is 4.24. The number of carbonyl (C=O) groups is 1. The quantitative estimate of drug-likeness (QED) is 0.771. The van der Waals surface area contributed by atoms with Crippen LogP contribution in [0, 0.1) is 0 Å². The molecule has 0 unspecified atom stereocenters. The molecule has 9 heteroatoms. The predicted molar refractivity (Wildman–Crippen MR) is 78.2 cm³/mol. The molecule has 22 heavy (non-hydrogen) atoms. The fourth-order valence-electron chi connectivity index (χ4n) is 1.73. The zero-order chi connectivity index (χ0) is 16.7. The van der Waals surface area contributed by atoms with Gasteiger partial charge in [-0.15, -0.1) is 0 Å². The first-order chi connectivity index (χ1) is 10.1. The molecule has 116 valence electrons. The molecular formula is C13H6Cl3F3N2O.